The number of aryl methyl sites for hydroxylation is 1. The van der Waals surface area contributed by atoms with Gasteiger partial charge in [0.05, 0.1) is 0 Å². The number of fused-ring (bicyclic) bond motifs is 1. The number of hydrogen-bond donors (Lipinski definition) is 1. The molecule has 3 aromatic carbocycles. The molecular weight excluding hydrogens is 310 g/mol. The lowest BCUT2D eigenvalue weighted by Crippen LogP contribution is -2.37. The Labute approximate surface area is 148 Å². The van der Waals surface area contributed by atoms with Crippen molar-refractivity contribution >= 4 is 16.7 Å². The van der Waals surface area contributed by atoms with Gasteiger partial charge in [0.15, 0.2) is 6.10 Å². The molecule has 0 spiro atoms. The van der Waals surface area contributed by atoms with Gasteiger partial charge in [-0.2, -0.15) is 0 Å². The van der Waals surface area contributed by atoms with Crippen LogP contribution >= 0.6 is 0 Å². The quantitative estimate of drug-likeness (QED) is 0.715. The first kappa shape index (κ1) is 17.0. The summed E-state index contributed by atoms with van der Waals surface area (Å²) in [5.41, 5.74) is 2.28. The fourth-order valence-electron chi connectivity index (χ4n) is 2.85. The van der Waals surface area contributed by atoms with Gasteiger partial charge in [0.2, 0.25) is 0 Å². The maximum atomic E-state index is 12.5. The largest absolute Gasteiger partial charge is 0.481 e. The normalized spacial score (nSPS) is 11.9. The molecule has 0 aliphatic rings. The van der Waals surface area contributed by atoms with Crippen molar-refractivity contribution in [2.75, 3.05) is 0 Å². The van der Waals surface area contributed by atoms with Crippen LogP contribution in [0, 0.1) is 6.92 Å². The van der Waals surface area contributed by atoms with Crippen molar-refractivity contribution in [3.05, 3.63) is 77.9 Å². The van der Waals surface area contributed by atoms with Gasteiger partial charge in [0.1, 0.15) is 5.75 Å². The van der Waals surface area contributed by atoms with Gasteiger partial charge in [-0.05, 0) is 41.8 Å². The van der Waals surface area contributed by atoms with E-state index in [0.717, 1.165) is 22.1 Å². The number of amides is 1. The molecular formula is C22H23NO2. The van der Waals surface area contributed by atoms with Crippen molar-refractivity contribution in [3.8, 4) is 5.75 Å². The third-order valence-corrected chi connectivity index (χ3v) is 4.21. The lowest BCUT2D eigenvalue weighted by molar-refractivity contribution is -0.128. The van der Waals surface area contributed by atoms with Crippen molar-refractivity contribution in [1.82, 2.24) is 5.32 Å². The minimum Gasteiger partial charge on any atom is -0.481 e. The first-order valence-corrected chi connectivity index (χ1v) is 8.64. The zero-order valence-corrected chi connectivity index (χ0v) is 14.7. The molecule has 0 aliphatic carbocycles. The standard InChI is InChI=1S/C22H23NO2/c1-3-21(22(24)23-15-17-8-6-7-16(2)13-17)25-20-12-11-18-9-4-5-10-19(18)14-20/h4-14,21H,3,15H2,1-2H3,(H,23,24)/t21-/m1/s1. The van der Waals surface area contributed by atoms with E-state index < -0.39 is 6.10 Å². The molecule has 0 saturated heterocycles. The summed E-state index contributed by atoms with van der Waals surface area (Å²) < 4.78 is 5.93. The summed E-state index contributed by atoms with van der Waals surface area (Å²) in [5.74, 6) is 0.633. The Kier molecular flexibility index (Phi) is 5.34. The van der Waals surface area contributed by atoms with Crippen LogP contribution in [-0.4, -0.2) is 12.0 Å². The molecule has 0 saturated carbocycles. The van der Waals surface area contributed by atoms with Crippen LogP contribution in [0.4, 0.5) is 0 Å². The van der Waals surface area contributed by atoms with E-state index in [1.807, 2.05) is 68.4 Å². The molecule has 0 unspecified atom stereocenters. The van der Waals surface area contributed by atoms with Crippen molar-refractivity contribution < 1.29 is 9.53 Å². The first-order valence-electron chi connectivity index (χ1n) is 8.64. The first-order chi connectivity index (χ1) is 12.2. The van der Waals surface area contributed by atoms with E-state index in [9.17, 15) is 4.79 Å². The number of benzene rings is 3. The molecule has 0 bridgehead atoms. The molecule has 128 valence electrons. The van der Waals surface area contributed by atoms with Gasteiger partial charge < -0.3 is 10.1 Å². The number of rotatable bonds is 6. The van der Waals surface area contributed by atoms with Crippen molar-refractivity contribution in [1.29, 1.82) is 0 Å². The fraction of sp³-hybridized carbons (Fsp3) is 0.227. The van der Waals surface area contributed by atoms with Crippen LogP contribution in [0.3, 0.4) is 0 Å². The minimum absolute atomic E-state index is 0.0860. The molecule has 1 amide bonds. The van der Waals surface area contributed by atoms with Crippen LogP contribution in [0.1, 0.15) is 24.5 Å². The maximum Gasteiger partial charge on any atom is 0.261 e. The van der Waals surface area contributed by atoms with Gasteiger partial charge in [-0.15, -0.1) is 0 Å². The smallest absolute Gasteiger partial charge is 0.261 e. The Hall–Kier alpha value is -2.81. The molecule has 3 aromatic rings. The predicted octanol–water partition coefficient (Wildman–Crippen LogP) is 4.62. The maximum absolute atomic E-state index is 12.5. The molecule has 0 aromatic heterocycles. The van der Waals surface area contributed by atoms with Crippen LogP contribution in [0.2, 0.25) is 0 Å². The predicted molar refractivity (Wildman–Crippen MR) is 102 cm³/mol. The van der Waals surface area contributed by atoms with E-state index in [1.54, 1.807) is 0 Å². The van der Waals surface area contributed by atoms with Gasteiger partial charge >= 0.3 is 0 Å². The number of ether oxygens (including phenoxy) is 1. The summed E-state index contributed by atoms with van der Waals surface area (Å²) in [6.45, 7) is 4.51. The highest BCUT2D eigenvalue weighted by Crippen LogP contribution is 2.22. The highest BCUT2D eigenvalue weighted by atomic mass is 16.5. The third-order valence-electron chi connectivity index (χ3n) is 4.21. The van der Waals surface area contributed by atoms with E-state index in [4.69, 9.17) is 4.74 Å². The molecule has 0 aliphatic heterocycles. The lowest BCUT2D eigenvalue weighted by atomic mass is 10.1. The Bertz CT molecular complexity index is 873. The van der Waals surface area contributed by atoms with Gasteiger partial charge in [0.25, 0.3) is 5.91 Å². The van der Waals surface area contributed by atoms with Crippen LogP contribution in [-0.2, 0) is 11.3 Å². The Balaban J connectivity index is 1.65. The Morgan fingerprint density at radius 1 is 1.00 bits per heavy atom. The summed E-state index contributed by atoms with van der Waals surface area (Å²) in [4.78, 5) is 12.5. The van der Waals surface area contributed by atoms with E-state index in [1.165, 1.54) is 5.56 Å². The molecule has 0 radical (unpaired) electrons. The Morgan fingerprint density at radius 3 is 2.56 bits per heavy atom. The van der Waals surface area contributed by atoms with E-state index in [-0.39, 0.29) is 5.91 Å². The fourth-order valence-corrected chi connectivity index (χ4v) is 2.85. The number of carbonyl (C=O) groups excluding carboxylic acids is 1. The van der Waals surface area contributed by atoms with Gasteiger partial charge in [-0.3, -0.25) is 4.79 Å². The summed E-state index contributed by atoms with van der Waals surface area (Å²) in [5, 5.41) is 5.24. The highest BCUT2D eigenvalue weighted by molar-refractivity contribution is 5.84. The summed E-state index contributed by atoms with van der Waals surface area (Å²) in [6.07, 6.45) is 0.123. The van der Waals surface area contributed by atoms with Gasteiger partial charge in [-0.25, -0.2) is 0 Å². The number of carbonyl (C=O) groups is 1. The molecule has 0 fully saturated rings. The molecule has 1 atom stereocenters. The second kappa shape index (κ2) is 7.84. The summed E-state index contributed by atoms with van der Waals surface area (Å²) in [7, 11) is 0. The van der Waals surface area contributed by atoms with E-state index >= 15 is 0 Å². The number of nitrogens with one attached hydrogen (secondary N) is 1. The summed E-state index contributed by atoms with van der Waals surface area (Å²) in [6, 6.07) is 22.2. The van der Waals surface area contributed by atoms with Gasteiger partial charge in [-0.1, -0.05) is 67.1 Å². The average molecular weight is 333 g/mol. The molecule has 0 heterocycles. The Morgan fingerprint density at radius 2 is 1.80 bits per heavy atom. The third kappa shape index (κ3) is 4.38. The topological polar surface area (TPSA) is 38.3 Å². The molecule has 3 rings (SSSR count). The summed E-state index contributed by atoms with van der Waals surface area (Å²) >= 11 is 0. The molecule has 3 nitrogen and oxygen atoms in total. The van der Waals surface area contributed by atoms with Crippen LogP contribution in [0.15, 0.2) is 66.7 Å². The van der Waals surface area contributed by atoms with Crippen LogP contribution < -0.4 is 10.1 Å². The zero-order valence-electron chi connectivity index (χ0n) is 14.7. The average Bonchev–Trinajstić information content (AvgIpc) is 2.64. The minimum atomic E-state index is -0.494. The second-order valence-electron chi connectivity index (χ2n) is 6.23. The van der Waals surface area contributed by atoms with Crippen LogP contribution in [0.5, 0.6) is 5.75 Å². The van der Waals surface area contributed by atoms with E-state index in [0.29, 0.717) is 13.0 Å². The monoisotopic (exact) mass is 333 g/mol. The SMILES string of the molecule is CC[C@@H](Oc1ccc2ccccc2c1)C(=O)NCc1cccc(C)c1. The molecule has 3 heteroatoms. The molecule has 25 heavy (non-hydrogen) atoms. The highest BCUT2D eigenvalue weighted by Gasteiger charge is 2.18. The zero-order chi connectivity index (χ0) is 17.6. The second-order valence-corrected chi connectivity index (χ2v) is 6.23. The van der Waals surface area contributed by atoms with Crippen molar-refractivity contribution in [3.63, 3.8) is 0 Å². The van der Waals surface area contributed by atoms with Gasteiger partial charge in [0, 0.05) is 6.54 Å². The number of hydrogen-bond acceptors (Lipinski definition) is 2. The molecule has 1 N–H and O–H groups in total. The lowest BCUT2D eigenvalue weighted by Gasteiger charge is -2.18. The van der Waals surface area contributed by atoms with Crippen molar-refractivity contribution in [2.45, 2.75) is 32.9 Å². The van der Waals surface area contributed by atoms with Crippen LogP contribution in [0.25, 0.3) is 10.8 Å². The van der Waals surface area contributed by atoms with E-state index in [2.05, 4.69) is 17.4 Å². The van der Waals surface area contributed by atoms with Crippen molar-refractivity contribution in [2.24, 2.45) is 0 Å².